The van der Waals surface area contributed by atoms with Crippen LogP contribution in [0.5, 0.6) is 0 Å². The van der Waals surface area contributed by atoms with Gasteiger partial charge in [0.15, 0.2) is 0 Å². The van der Waals surface area contributed by atoms with Gasteiger partial charge in [0.2, 0.25) is 10.8 Å². The highest BCUT2D eigenvalue weighted by atomic mass is 79.9. The van der Waals surface area contributed by atoms with E-state index in [1.807, 2.05) is 60.7 Å². The second-order valence-electron chi connectivity index (χ2n) is 5.66. The normalized spacial score (nSPS) is 11.3. The largest absolute Gasteiger partial charge is 0.274 e. The van der Waals surface area contributed by atoms with Crippen molar-refractivity contribution in [3.05, 3.63) is 65.1 Å². The summed E-state index contributed by atoms with van der Waals surface area (Å²) in [4.78, 5) is 0.744. The minimum Gasteiger partial charge on any atom is -0.274 e. The average molecular weight is 423 g/mol. The zero-order valence-corrected chi connectivity index (χ0v) is 15.7. The number of hydrogen-bond acceptors (Lipinski definition) is 5. The number of benzene rings is 2. The minimum absolute atomic E-state index is 0.647. The number of aromatic amines is 1. The quantitative estimate of drug-likeness (QED) is 0.458. The molecule has 0 saturated heterocycles. The molecule has 0 spiro atoms. The fraction of sp³-hybridized carbons (Fsp3) is 0. The lowest BCUT2D eigenvalue weighted by Gasteiger charge is -1.95. The van der Waals surface area contributed by atoms with Crippen LogP contribution in [-0.4, -0.2) is 30.0 Å². The van der Waals surface area contributed by atoms with E-state index in [1.165, 1.54) is 11.3 Å². The lowest BCUT2D eigenvalue weighted by molar-refractivity contribution is 0.954. The van der Waals surface area contributed by atoms with Crippen LogP contribution >= 0.6 is 27.3 Å². The summed E-state index contributed by atoms with van der Waals surface area (Å²) < 4.78 is 2.79. The van der Waals surface area contributed by atoms with E-state index in [2.05, 4.69) is 41.4 Å². The Morgan fingerprint density at radius 2 is 1.73 bits per heavy atom. The highest BCUT2D eigenvalue weighted by Gasteiger charge is 2.16. The molecule has 3 heterocycles. The molecule has 6 nitrogen and oxygen atoms in total. The van der Waals surface area contributed by atoms with E-state index in [9.17, 15) is 0 Å². The van der Waals surface area contributed by atoms with Crippen LogP contribution in [0.15, 0.2) is 65.1 Å². The van der Waals surface area contributed by atoms with Crippen LogP contribution in [0.2, 0.25) is 0 Å². The molecule has 2 aromatic carbocycles. The molecule has 0 bridgehead atoms. The molecule has 0 saturated carbocycles. The maximum Gasteiger partial charge on any atom is 0.235 e. The SMILES string of the molecule is Brc1ccc(-c2nn3c(-c4cc(-c5ccccc5)n[nH]4)nnc3s2)cc1. The second-order valence-corrected chi connectivity index (χ2v) is 7.54. The summed E-state index contributed by atoms with van der Waals surface area (Å²) in [5.41, 5.74) is 3.73. The van der Waals surface area contributed by atoms with E-state index >= 15 is 0 Å². The van der Waals surface area contributed by atoms with E-state index in [1.54, 1.807) is 4.52 Å². The molecule has 0 aliphatic carbocycles. The first kappa shape index (κ1) is 15.4. The van der Waals surface area contributed by atoms with Crippen molar-refractivity contribution in [2.24, 2.45) is 0 Å². The molecule has 0 atom stereocenters. The molecule has 8 heteroatoms. The van der Waals surface area contributed by atoms with Gasteiger partial charge in [-0.05, 0) is 18.2 Å². The molecule has 26 heavy (non-hydrogen) atoms. The van der Waals surface area contributed by atoms with Crippen LogP contribution in [0.25, 0.3) is 38.3 Å². The first-order valence-corrected chi connectivity index (χ1v) is 9.48. The smallest absolute Gasteiger partial charge is 0.235 e. The summed E-state index contributed by atoms with van der Waals surface area (Å²) >= 11 is 4.96. The summed E-state index contributed by atoms with van der Waals surface area (Å²) in [6, 6.07) is 20.0. The average Bonchev–Trinajstić information content (AvgIpc) is 3.38. The minimum atomic E-state index is 0.647. The number of nitrogens with zero attached hydrogens (tertiary/aromatic N) is 5. The summed E-state index contributed by atoms with van der Waals surface area (Å²) in [5, 5.41) is 21.5. The Kier molecular flexibility index (Phi) is 3.65. The number of nitrogens with one attached hydrogen (secondary N) is 1. The van der Waals surface area contributed by atoms with E-state index < -0.39 is 0 Å². The van der Waals surface area contributed by atoms with E-state index in [0.717, 1.165) is 37.0 Å². The number of hydrogen-bond donors (Lipinski definition) is 1. The Balaban J connectivity index is 1.56. The highest BCUT2D eigenvalue weighted by Crippen LogP contribution is 2.29. The third kappa shape index (κ3) is 2.63. The molecule has 0 unspecified atom stereocenters. The van der Waals surface area contributed by atoms with Gasteiger partial charge >= 0.3 is 0 Å². The fourth-order valence-corrected chi connectivity index (χ4v) is 3.80. The lowest BCUT2D eigenvalue weighted by atomic mass is 10.1. The number of H-pyrrole nitrogens is 1. The van der Waals surface area contributed by atoms with Crippen molar-refractivity contribution in [2.75, 3.05) is 0 Å². The predicted octanol–water partition coefficient (Wildman–Crippen LogP) is 4.67. The molecule has 0 radical (unpaired) electrons. The maximum atomic E-state index is 4.68. The van der Waals surface area contributed by atoms with Gasteiger partial charge in [-0.15, -0.1) is 10.2 Å². The van der Waals surface area contributed by atoms with Crippen LogP contribution < -0.4 is 0 Å². The molecule has 0 fully saturated rings. The highest BCUT2D eigenvalue weighted by molar-refractivity contribution is 9.10. The van der Waals surface area contributed by atoms with Gasteiger partial charge < -0.3 is 0 Å². The summed E-state index contributed by atoms with van der Waals surface area (Å²) in [7, 11) is 0. The number of rotatable bonds is 3. The number of aromatic nitrogens is 6. The zero-order valence-electron chi connectivity index (χ0n) is 13.3. The molecule has 0 amide bonds. The molecular formula is C18H11BrN6S. The van der Waals surface area contributed by atoms with Gasteiger partial charge in [-0.2, -0.15) is 14.7 Å². The van der Waals surface area contributed by atoms with Crippen LogP contribution in [0.3, 0.4) is 0 Å². The van der Waals surface area contributed by atoms with Crippen molar-refractivity contribution in [1.82, 2.24) is 30.0 Å². The van der Waals surface area contributed by atoms with Gasteiger partial charge in [0.25, 0.3) is 0 Å². The molecule has 1 N–H and O–H groups in total. The zero-order chi connectivity index (χ0) is 17.5. The van der Waals surface area contributed by atoms with Crippen molar-refractivity contribution in [2.45, 2.75) is 0 Å². The second kappa shape index (κ2) is 6.15. The molecular weight excluding hydrogens is 412 g/mol. The monoisotopic (exact) mass is 422 g/mol. The van der Waals surface area contributed by atoms with E-state index in [4.69, 9.17) is 0 Å². The Morgan fingerprint density at radius 3 is 2.54 bits per heavy atom. The molecule has 3 aromatic heterocycles. The van der Waals surface area contributed by atoms with Crippen LogP contribution in [0, 0.1) is 0 Å². The van der Waals surface area contributed by atoms with Gasteiger partial charge in [-0.25, -0.2) is 0 Å². The number of halogens is 1. The molecule has 126 valence electrons. The van der Waals surface area contributed by atoms with Gasteiger partial charge in [-0.3, -0.25) is 5.10 Å². The standard InChI is InChI=1S/C18H11BrN6S/c19-13-8-6-12(7-9-13)17-24-25-16(22-23-18(25)26-17)15-10-14(20-21-15)11-4-2-1-3-5-11/h1-10H,(H,20,21). The Hall–Kier alpha value is -2.84. The van der Waals surface area contributed by atoms with Gasteiger partial charge in [-0.1, -0.05) is 69.7 Å². The summed E-state index contributed by atoms with van der Waals surface area (Å²) in [6.45, 7) is 0. The first-order valence-electron chi connectivity index (χ1n) is 7.87. The van der Waals surface area contributed by atoms with Crippen molar-refractivity contribution < 1.29 is 0 Å². The third-order valence-corrected chi connectivity index (χ3v) is 5.45. The van der Waals surface area contributed by atoms with Crippen molar-refractivity contribution in [3.63, 3.8) is 0 Å². The third-order valence-electron chi connectivity index (χ3n) is 3.97. The van der Waals surface area contributed by atoms with Crippen molar-refractivity contribution >= 4 is 32.2 Å². The topological polar surface area (TPSA) is 71.8 Å². The molecule has 5 aromatic rings. The van der Waals surface area contributed by atoms with Crippen LogP contribution in [0.1, 0.15) is 0 Å². The van der Waals surface area contributed by atoms with Crippen LogP contribution in [0.4, 0.5) is 0 Å². The fourth-order valence-electron chi connectivity index (χ4n) is 2.69. The van der Waals surface area contributed by atoms with E-state index in [0.29, 0.717) is 5.82 Å². The molecule has 0 aliphatic rings. The Morgan fingerprint density at radius 1 is 0.923 bits per heavy atom. The molecule has 0 aliphatic heterocycles. The maximum absolute atomic E-state index is 4.68. The van der Waals surface area contributed by atoms with Gasteiger partial charge in [0, 0.05) is 15.6 Å². The van der Waals surface area contributed by atoms with Crippen molar-refractivity contribution in [3.8, 4) is 33.3 Å². The Labute approximate surface area is 160 Å². The first-order chi connectivity index (χ1) is 12.8. The van der Waals surface area contributed by atoms with E-state index in [-0.39, 0.29) is 0 Å². The molecule has 5 rings (SSSR count). The lowest BCUT2D eigenvalue weighted by Crippen LogP contribution is -1.91. The van der Waals surface area contributed by atoms with Crippen molar-refractivity contribution in [1.29, 1.82) is 0 Å². The van der Waals surface area contributed by atoms with Gasteiger partial charge in [0.05, 0.1) is 5.69 Å². The number of fused-ring (bicyclic) bond motifs is 1. The Bertz CT molecular complexity index is 1190. The summed E-state index contributed by atoms with van der Waals surface area (Å²) in [6.07, 6.45) is 0. The summed E-state index contributed by atoms with van der Waals surface area (Å²) in [5.74, 6) is 0.647. The van der Waals surface area contributed by atoms with Gasteiger partial charge in [0.1, 0.15) is 10.7 Å². The van der Waals surface area contributed by atoms with Crippen LogP contribution in [-0.2, 0) is 0 Å². The predicted molar refractivity (Wildman–Crippen MR) is 105 cm³/mol.